The molecule has 3 aliphatic carbocycles. The summed E-state index contributed by atoms with van der Waals surface area (Å²) in [4.78, 5) is 11.3. The molecule has 1 spiro atoms. The van der Waals surface area contributed by atoms with Gasteiger partial charge in [-0.25, -0.2) is 0 Å². The number of hydrogen-bond donors (Lipinski definition) is 0. The van der Waals surface area contributed by atoms with Gasteiger partial charge in [0, 0.05) is 16.9 Å². The van der Waals surface area contributed by atoms with E-state index in [1.54, 1.807) is 6.08 Å². The first-order valence-corrected chi connectivity index (χ1v) is 4.15. The Labute approximate surface area is 70.8 Å². The molecule has 0 aromatic carbocycles. The van der Waals surface area contributed by atoms with Crippen LogP contribution in [0.2, 0.25) is 0 Å². The molecule has 1 heteroatoms. The fourth-order valence-electron chi connectivity index (χ4n) is 2.07. The lowest BCUT2D eigenvalue weighted by Gasteiger charge is -2.25. The Morgan fingerprint density at radius 3 is 3.08 bits per heavy atom. The molecular formula is C11H8O. The highest BCUT2D eigenvalue weighted by Crippen LogP contribution is 2.56. The van der Waals surface area contributed by atoms with Crippen LogP contribution in [0.1, 0.15) is 0 Å². The van der Waals surface area contributed by atoms with Gasteiger partial charge in [0.25, 0.3) is 0 Å². The second-order valence-electron chi connectivity index (χ2n) is 3.48. The Morgan fingerprint density at radius 1 is 1.25 bits per heavy atom. The Balaban J connectivity index is 2.13. The molecule has 0 heterocycles. The van der Waals surface area contributed by atoms with Crippen LogP contribution in [0.15, 0.2) is 48.1 Å². The molecule has 2 atom stereocenters. The van der Waals surface area contributed by atoms with Crippen LogP contribution < -0.4 is 0 Å². The molecule has 2 unspecified atom stereocenters. The minimum absolute atomic E-state index is 0.000579. The highest BCUT2D eigenvalue weighted by molar-refractivity contribution is 6.11. The summed E-state index contributed by atoms with van der Waals surface area (Å²) in [6.07, 6.45) is 14.1. The number of carbonyl (C=O) groups excluding carboxylic acids is 1. The van der Waals surface area contributed by atoms with E-state index in [2.05, 4.69) is 18.2 Å². The van der Waals surface area contributed by atoms with Gasteiger partial charge in [-0.05, 0) is 6.08 Å². The normalized spacial score (nSPS) is 40.5. The van der Waals surface area contributed by atoms with Crippen LogP contribution in [-0.2, 0) is 4.79 Å². The standard InChI is InChI=1S/C11H8O/c12-10-5-4-8-3-1-2-6-11(8)7-9(10)11/h1-8H. The summed E-state index contributed by atoms with van der Waals surface area (Å²) in [6, 6.07) is 0. The number of ketones is 1. The zero-order valence-corrected chi connectivity index (χ0v) is 6.53. The van der Waals surface area contributed by atoms with E-state index >= 15 is 0 Å². The van der Waals surface area contributed by atoms with Gasteiger partial charge in [0.2, 0.25) is 0 Å². The van der Waals surface area contributed by atoms with E-state index in [-0.39, 0.29) is 11.2 Å². The first-order chi connectivity index (χ1) is 5.83. The third-order valence-electron chi connectivity index (χ3n) is 2.84. The van der Waals surface area contributed by atoms with Crippen molar-refractivity contribution in [2.24, 2.45) is 11.3 Å². The lowest BCUT2D eigenvalue weighted by atomic mass is 9.77. The topological polar surface area (TPSA) is 17.1 Å². The summed E-state index contributed by atoms with van der Waals surface area (Å²) in [5.74, 6) is 0.585. The molecule has 0 fully saturated rings. The fourth-order valence-corrected chi connectivity index (χ4v) is 2.07. The van der Waals surface area contributed by atoms with Gasteiger partial charge < -0.3 is 0 Å². The van der Waals surface area contributed by atoms with Crippen molar-refractivity contribution in [2.45, 2.75) is 0 Å². The van der Waals surface area contributed by atoms with Gasteiger partial charge in [-0.2, -0.15) is 0 Å². The van der Waals surface area contributed by atoms with Crippen molar-refractivity contribution in [3.8, 4) is 0 Å². The summed E-state index contributed by atoms with van der Waals surface area (Å²) < 4.78 is 0. The van der Waals surface area contributed by atoms with Crippen molar-refractivity contribution in [1.29, 1.82) is 0 Å². The number of carbonyl (C=O) groups is 1. The van der Waals surface area contributed by atoms with Crippen LogP contribution in [0.5, 0.6) is 0 Å². The van der Waals surface area contributed by atoms with E-state index in [0.717, 1.165) is 5.57 Å². The molecule has 0 aromatic rings. The predicted octanol–water partition coefficient (Wildman–Crippen LogP) is 1.79. The number of allylic oxidation sites excluding steroid dienone is 8. The molecule has 0 amide bonds. The van der Waals surface area contributed by atoms with Crippen LogP contribution in [-0.4, -0.2) is 5.78 Å². The molecule has 1 nitrogen and oxygen atoms in total. The summed E-state index contributed by atoms with van der Waals surface area (Å²) >= 11 is 0. The van der Waals surface area contributed by atoms with Gasteiger partial charge in [-0.3, -0.25) is 4.79 Å². The maximum atomic E-state index is 11.3. The highest BCUT2D eigenvalue weighted by atomic mass is 16.1. The maximum absolute atomic E-state index is 11.3. The Bertz CT molecular complexity index is 382. The van der Waals surface area contributed by atoms with Crippen molar-refractivity contribution in [1.82, 2.24) is 0 Å². The van der Waals surface area contributed by atoms with E-state index < -0.39 is 0 Å². The maximum Gasteiger partial charge on any atom is 0.182 e. The summed E-state index contributed by atoms with van der Waals surface area (Å²) in [6.45, 7) is 0. The largest absolute Gasteiger partial charge is 0.290 e. The molecule has 3 rings (SSSR count). The minimum Gasteiger partial charge on any atom is -0.290 e. The monoisotopic (exact) mass is 156 g/mol. The molecule has 0 aromatic heterocycles. The minimum atomic E-state index is 0.000579. The average molecular weight is 156 g/mol. The van der Waals surface area contributed by atoms with Gasteiger partial charge in [-0.15, -0.1) is 0 Å². The van der Waals surface area contributed by atoms with Gasteiger partial charge in [0.05, 0.1) is 0 Å². The quantitative estimate of drug-likeness (QED) is 0.522. The van der Waals surface area contributed by atoms with E-state index in [1.807, 2.05) is 18.2 Å². The zero-order valence-electron chi connectivity index (χ0n) is 6.53. The fraction of sp³-hybridized carbons (Fsp3) is 0.182. The SMILES string of the molecule is O=C1C=CC2C=CC=CC23C=C13. The third-order valence-corrected chi connectivity index (χ3v) is 2.84. The molecule has 0 radical (unpaired) electrons. The Kier molecular flexibility index (Phi) is 0.868. The van der Waals surface area contributed by atoms with Crippen molar-refractivity contribution in [3.05, 3.63) is 48.1 Å². The first kappa shape index (κ1) is 6.18. The van der Waals surface area contributed by atoms with E-state index in [4.69, 9.17) is 0 Å². The second-order valence-corrected chi connectivity index (χ2v) is 3.48. The van der Waals surface area contributed by atoms with Crippen molar-refractivity contribution in [2.75, 3.05) is 0 Å². The van der Waals surface area contributed by atoms with Gasteiger partial charge >= 0.3 is 0 Å². The van der Waals surface area contributed by atoms with E-state index in [1.165, 1.54) is 0 Å². The summed E-state index contributed by atoms with van der Waals surface area (Å²) in [5.41, 5.74) is 0.983. The first-order valence-electron chi connectivity index (χ1n) is 4.15. The highest BCUT2D eigenvalue weighted by Gasteiger charge is 2.51. The van der Waals surface area contributed by atoms with Gasteiger partial charge in [0.1, 0.15) is 0 Å². The lowest BCUT2D eigenvalue weighted by Crippen LogP contribution is -2.21. The molecule has 0 bridgehead atoms. The van der Waals surface area contributed by atoms with Gasteiger partial charge in [0.15, 0.2) is 5.78 Å². The third kappa shape index (κ3) is 0.536. The molecule has 0 aliphatic heterocycles. The molecule has 58 valence electrons. The van der Waals surface area contributed by atoms with Crippen molar-refractivity contribution < 1.29 is 4.79 Å². The van der Waals surface area contributed by atoms with E-state index in [0.29, 0.717) is 5.92 Å². The molecule has 0 saturated carbocycles. The smallest absolute Gasteiger partial charge is 0.182 e. The molecule has 0 N–H and O–H groups in total. The molecule has 12 heavy (non-hydrogen) atoms. The van der Waals surface area contributed by atoms with Crippen LogP contribution in [0.25, 0.3) is 0 Å². The molecule has 3 aliphatic rings. The zero-order chi connectivity index (χ0) is 8.18. The van der Waals surface area contributed by atoms with Crippen molar-refractivity contribution in [3.63, 3.8) is 0 Å². The summed E-state index contributed by atoms with van der Waals surface area (Å²) in [5, 5.41) is 0. The van der Waals surface area contributed by atoms with Crippen molar-refractivity contribution >= 4 is 5.78 Å². The van der Waals surface area contributed by atoms with Crippen LogP contribution in [0, 0.1) is 11.3 Å². The predicted molar refractivity (Wildman–Crippen MR) is 46.4 cm³/mol. The second kappa shape index (κ2) is 1.69. The average Bonchev–Trinajstić information content (AvgIpc) is 2.80. The number of hydrogen-bond acceptors (Lipinski definition) is 1. The summed E-state index contributed by atoms with van der Waals surface area (Å²) in [7, 11) is 0. The molecular weight excluding hydrogens is 148 g/mol. The van der Waals surface area contributed by atoms with Crippen LogP contribution in [0.3, 0.4) is 0 Å². The Hall–Kier alpha value is -1.37. The number of rotatable bonds is 0. The van der Waals surface area contributed by atoms with E-state index in [9.17, 15) is 4.79 Å². The molecule has 0 saturated heterocycles. The van der Waals surface area contributed by atoms with Crippen LogP contribution in [0.4, 0.5) is 0 Å². The van der Waals surface area contributed by atoms with Gasteiger partial charge in [-0.1, -0.05) is 36.5 Å². The van der Waals surface area contributed by atoms with Crippen LogP contribution >= 0.6 is 0 Å². The Morgan fingerprint density at radius 2 is 2.17 bits per heavy atom. The lowest BCUT2D eigenvalue weighted by molar-refractivity contribution is -0.111.